The summed E-state index contributed by atoms with van der Waals surface area (Å²) in [4.78, 5) is 0. The lowest BCUT2D eigenvalue weighted by Gasteiger charge is -1.98. The van der Waals surface area contributed by atoms with E-state index in [0.29, 0.717) is 17.0 Å². The molecule has 0 radical (unpaired) electrons. The van der Waals surface area contributed by atoms with Crippen molar-refractivity contribution in [2.75, 3.05) is 0 Å². The molecule has 3 nitrogen and oxygen atoms in total. The Balaban J connectivity index is 2.16. The van der Waals surface area contributed by atoms with E-state index in [9.17, 15) is 0 Å². The minimum atomic E-state index is 0.376. The molecule has 0 saturated heterocycles. The summed E-state index contributed by atoms with van der Waals surface area (Å²) in [5.74, 6) is 0. The largest absolute Gasteiger partial charge is 0.356 e. The predicted molar refractivity (Wildman–Crippen MR) is 73.8 cm³/mol. The summed E-state index contributed by atoms with van der Waals surface area (Å²) in [7, 11) is 0. The highest BCUT2D eigenvalue weighted by atomic mass is 35.5. The van der Waals surface area contributed by atoms with Crippen molar-refractivity contribution >= 4 is 22.6 Å². The maximum atomic E-state index is 8.76. The Labute approximate surface area is 115 Å². The molecule has 0 bridgehead atoms. The van der Waals surface area contributed by atoms with E-state index in [2.05, 4.69) is 11.2 Å². The van der Waals surface area contributed by atoms with Crippen molar-refractivity contribution < 1.29 is 4.52 Å². The molecule has 92 valence electrons. The number of hydrogen-bond donors (Lipinski definition) is 0. The standard InChI is InChI=1S/C15H9ClN2O/c16-12-4-2-11(3-5-12)15-13-9-10(7-8-17)1-6-14(13)19-18-15/h1-6,9H,7H2. The van der Waals surface area contributed by atoms with Gasteiger partial charge in [-0.1, -0.05) is 35.0 Å². The quantitative estimate of drug-likeness (QED) is 0.699. The number of aromatic nitrogens is 1. The average Bonchev–Trinajstić information content (AvgIpc) is 2.83. The van der Waals surface area contributed by atoms with Gasteiger partial charge in [-0.3, -0.25) is 0 Å². The molecule has 4 heteroatoms. The van der Waals surface area contributed by atoms with Crippen LogP contribution in [0.2, 0.25) is 5.02 Å². The Morgan fingerprint density at radius 1 is 1.16 bits per heavy atom. The molecule has 0 unspecified atom stereocenters. The van der Waals surface area contributed by atoms with E-state index in [1.165, 1.54) is 0 Å². The summed E-state index contributed by atoms with van der Waals surface area (Å²) in [6, 6.07) is 15.2. The number of benzene rings is 2. The topological polar surface area (TPSA) is 49.8 Å². The molecule has 0 spiro atoms. The first-order valence-corrected chi connectivity index (χ1v) is 6.17. The van der Waals surface area contributed by atoms with E-state index >= 15 is 0 Å². The van der Waals surface area contributed by atoms with Gasteiger partial charge in [0.05, 0.1) is 17.9 Å². The van der Waals surface area contributed by atoms with Crippen LogP contribution in [0.4, 0.5) is 0 Å². The first kappa shape index (κ1) is 11.8. The minimum Gasteiger partial charge on any atom is -0.356 e. The van der Waals surface area contributed by atoms with Gasteiger partial charge >= 0.3 is 0 Å². The minimum absolute atomic E-state index is 0.376. The number of nitrogens with zero attached hydrogens (tertiary/aromatic N) is 2. The molecule has 0 amide bonds. The van der Waals surface area contributed by atoms with Crippen molar-refractivity contribution in [1.29, 1.82) is 5.26 Å². The van der Waals surface area contributed by atoms with Crippen LogP contribution in [0, 0.1) is 11.3 Å². The van der Waals surface area contributed by atoms with E-state index in [4.69, 9.17) is 21.4 Å². The third-order valence-electron chi connectivity index (χ3n) is 2.94. The molecule has 0 fully saturated rings. The second-order valence-electron chi connectivity index (χ2n) is 4.20. The monoisotopic (exact) mass is 268 g/mol. The molecule has 1 aromatic heterocycles. The SMILES string of the molecule is N#CCc1ccc2onc(-c3ccc(Cl)cc3)c2c1. The van der Waals surface area contributed by atoms with Crippen LogP contribution in [0.3, 0.4) is 0 Å². The number of rotatable bonds is 2. The molecule has 3 aromatic rings. The van der Waals surface area contributed by atoms with Gasteiger partial charge in [-0.05, 0) is 29.8 Å². The molecule has 3 rings (SSSR count). The van der Waals surface area contributed by atoms with Crippen LogP contribution >= 0.6 is 11.6 Å². The second-order valence-corrected chi connectivity index (χ2v) is 4.64. The molecule has 1 heterocycles. The molecule has 0 aliphatic heterocycles. The summed E-state index contributed by atoms with van der Waals surface area (Å²) < 4.78 is 5.30. The van der Waals surface area contributed by atoms with Crippen molar-refractivity contribution in [2.24, 2.45) is 0 Å². The highest BCUT2D eigenvalue weighted by Gasteiger charge is 2.10. The molecule has 0 saturated carbocycles. The lowest BCUT2D eigenvalue weighted by molar-refractivity contribution is 0.459. The van der Waals surface area contributed by atoms with Crippen molar-refractivity contribution in [3.05, 3.63) is 53.1 Å². The van der Waals surface area contributed by atoms with Crippen LogP contribution in [0.5, 0.6) is 0 Å². The summed E-state index contributed by atoms with van der Waals surface area (Å²) in [6.07, 6.45) is 0.376. The smallest absolute Gasteiger partial charge is 0.167 e. The number of nitriles is 1. The molecule has 19 heavy (non-hydrogen) atoms. The van der Waals surface area contributed by atoms with Crippen molar-refractivity contribution in [2.45, 2.75) is 6.42 Å². The second kappa shape index (κ2) is 4.75. The Morgan fingerprint density at radius 2 is 1.95 bits per heavy atom. The molecule has 0 N–H and O–H groups in total. The van der Waals surface area contributed by atoms with Crippen LogP contribution < -0.4 is 0 Å². The van der Waals surface area contributed by atoms with E-state index in [1.807, 2.05) is 42.5 Å². The van der Waals surface area contributed by atoms with Crippen LogP contribution in [0.25, 0.3) is 22.2 Å². The van der Waals surface area contributed by atoms with E-state index in [1.54, 1.807) is 0 Å². The number of fused-ring (bicyclic) bond motifs is 1. The van der Waals surface area contributed by atoms with Gasteiger partial charge in [-0.25, -0.2) is 0 Å². The third-order valence-corrected chi connectivity index (χ3v) is 3.19. The van der Waals surface area contributed by atoms with Crippen LogP contribution in [0.15, 0.2) is 47.0 Å². The zero-order valence-electron chi connectivity index (χ0n) is 9.93. The summed E-state index contributed by atoms with van der Waals surface area (Å²) in [5, 5.41) is 14.4. The molecule has 2 aromatic carbocycles. The first-order valence-electron chi connectivity index (χ1n) is 5.79. The maximum Gasteiger partial charge on any atom is 0.167 e. The third kappa shape index (κ3) is 2.18. The highest BCUT2D eigenvalue weighted by molar-refractivity contribution is 6.30. The molecule has 0 aliphatic rings. The first-order chi connectivity index (χ1) is 9.28. The fourth-order valence-electron chi connectivity index (χ4n) is 2.00. The van der Waals surface area contributed by atoms with Crippen LogP contribution in [0.1, 0.15) is 5.56 Å². The molecular weight excluding hydrogens is 260 g/mol. The van der Waals surface area contributed by atoms with Gasteiger partial charge < -0.3 is 4.52 Å². The van der Waals surface area contributed by atoms with Crippen molar-refractivity contribution in [3.63, 3.8) is 0 Å². The molecule has 0 atom stereocenters. The molecule has 0 aliphatic carbocycles. The van der Waals surface area contributed by atoms with Gasteiger partial charge in [0, 0.05) is 10.6 Å². The fraction of sp³-hybridized carbons (Fsp3) is 0.0667. The van der Waals surface area contributed by atoms with Gasteiger partial charge in [-0.2, -0.15) is 5.26 Å². The van der Waals surface area contributed by atoms with Gasteiger partial charge in [0.1, 0.15) is 5.69 Å². The average molecular weight is 269 g/mol. The Kier molecular flexibility index (Phi) is 2.94. The summed E-state index contributed by atoms with van der Waals surface area (Å²) in [5.41, 5.74) is 3.38. The predicted octanol–water partition coefficient (Wildman–Crippen LogP) is 4.21. The number of halogens is 1. The van der Waals surface area contributed by atoms with Gasteiger partial charge in [0.25, 0.3) is 0 Å². The Bertz CT molecular complexity index is 769. The van der Waals surface area contributed by atoms with E-state index < -0.39 is 0 Å². The zero-order chi connectivity index (χ0) is 13.2. The van der Waals surface area contributed by atoms with Crippen LogP contribution in [-0.2, 0) is 6.42 Å². The maximum absolute atomic E-state index is 8.76. The van der Waals surface area contributed by atoms with Crippen LogP contribution in [-0.4, -0.2) is 5.16 Å². The van der Waals surface area contributed by atoms with E-state index in [-0.39, 0.29) is 0 Å². The Hall–Kier alpha value is -2.31. The van der Waals surface area contributed by atoms with Crippen molar-refractivity contribution in [1.82, 2.24) is 5.16 Å². The normalized spacial score (nSPS) is 10.5. The zero-order valence-corrected chi connectivity index (χ0v) is 10.7. The van der Waals surface area contributed by atoms with Gasteiger partial charge in [0.2, 0.25) is 0 Å². The lowest BCUT2D eigenvalue weighted by Crippen LogP contribution is -1.82. The highest BCUT2D eigenvalue weighted by Crippen LogP contribution is 2.29. The van der Waals surface area contributed by atoms with Gasteiger partial charge in [-0.15, -0.1) is 0 Å². The van der Waals surface area contributed by atoms with Crippen molar-refractivity contribution in [3.8, 4) is 17.3 Å². The molecular formula is C15H9ClN2O. The summed E-state index contributed by atoms with van der Waals surface area (Å²) >= 11 is 5.88. The fourth-order valence-corrected chi connectivity index (χ4v) is 2.13. The lowest BCUT2D eigenvalue weighted by atomic mass is 10.0. The number of hydrogen-bond acceptors (Lipinski definition) is 3. The van der Waals surface area contributed by atoms with E-state index in [0.717, 1.165) is 22.2 Å². The summed E-state index contributed by atoms with van der Waals surface area (Å²) in [6.45, 7) is 0. The Morgan fingerprint density at radius 3 is 2.68 bits per heavy atom. The van der Waals surface area contributed by atoms with Gasteiger partial charge in [0.15, 0.2) is 5.58 Å².